The van der Waals surface area contributed by atoms with Gasteiger partial charge in [0.15, 0.2) is 5.78 Å². The molecule has 2 rings (SSSR count). The second kappa shape index (κ2) is 11.1. The van der Waals surface area contributed by atoms with E-state index < -0.39 is 0 Å². The molecule has 0 heterocycles. The van der Waals surface area contributed by atoms with Crippen LogP contribution < -0.4 is 0 Å². The van der Waals surface area contributed by atoms with Crippen LogP contribution in [0.5, 0.6) is 0 Å². The number of nitro groups is 1. The molecule has 0 amide bonds. The standard InChI is InChI=1S/C23H27NO3/c1-2-3-4-5-6-8-13-21-18-19(14-16-22(21)24(26)27)15-17-23(25)20-11-9-7-10-12-20/h7,9-12,14-18H,2-6,8,13H2,1H3. The van der Waals surface area contributed by atoms with E-state index in [0.29, 0.717) is 12.0 Å². The lowest BCUT2D eigenvalue weighted by molar-refractivity contribution is -0.385. The molecule has 0 unspecified atom stereocenters. The number of carbonyl (C=O) groups excluding carboxylic acids is 1. The third-order valence-electron chi connectivity index (χ3n) is 4.59. The van der Waals surface area contributed by atoms with Gasteiger partial charge < -0.3 is 0 Å². The van der Waals surface area contributed by atoms with Crippen LogP contribution in [0.15, 0.2) is 54.6 Å². The van der Waals surface area contributed by atoms with Gasteiger partial charge in [0.05, 0.1) is 4.92 Å². The molecule has 0 fully saturated rings. The smallest absolute Gasteiger partial charge is 0.272 e. The first-order valence-electron chi connectivity index (χ1n) is 9.66. The van der Waals surface area contributed by atoms with Gasteiger partial charge in [0.1, 0.15) is 0 Å². The van der Waals surface area contributed by atoms with Crippen LogP contribution in [-0.2, 0) is 6.42 Å². The quantitative estimate of drug-likeness (QED) is 0.152. The van der Waals surface area contributed by atoms with Crippen molar-refractivity contribution < 1.29 is 9.72 Å². The zero-order valence-corrected chi connectivity index (χ0v) is 15.9. The minimum absolute atomic E-state index is 0.0774. The highest BCUT2D eigenvalue weighted by molar-refractivity contribution is 6.06. The third kappa shape index (κ3) is 6.81. The van der Waals surface area contributed by atoms with Crippen LogP contribution in [0.2, 0.25) is 0 Å². The zero-order valence-electron chi connectivity index (χ0n) is 15.9. The average Bonchev–Trinajstić information content (AvgIpc) is 2.69. The molecule has 2 aromatic rings. The Kier molecular flexibility index (Phi) is 8.43. The predicted molar refractivity (Wildman–Crippen MR) is 110 cm³/mol. The number of rotatable bonds is 11. The Morgan fingerprint density at radius 3 is 2.41 bits per heavy atom. The van der Waals surface area contributed by atoms with Crippen LogP contribution in [0.3, 0.4) is 0 Å². The summed E-state index contributed by atoms with van der Waals surface area (Å²) in [5.74, 6) is -0.0774. The Bertz CT molecular complexity index is 781. The fourth-order valence-electron chi connectivity index (χ4n) is 3.05. The van der Waals surface area contributed by atoms with Gasteiger partial charge in [-0.05, 0) is 36.6 Å². The van der Waals surface area contributed by atoms with Crippen molar-refractivity contribution in [3.05, 3.63) is 81.4 Å². The molecule has 0 radical (unpaired) electrons. The first-order chi connectivity index (χ1) is 13.1. The molecule has 0 aliphatic rings. The molecule has 2 aromatic carbocycles. The summed E-state index contributed by atoms with van der Waals surface area (Å²) in [5, 5.41) is 11.3. The number of unbranched alkanes of at least 4 members (excludes halogenated alkanes) is 5. The zero-order chi connectivity index (χ0) is 19.5. The second-order valence-electron chi connectivity index (χ2n) is 6.73. The van der Waals surface area contributed by atoms with E-state index in [0.717, 1.165) is 24.0 Å². The highest BCUT2D eigenvalue weighted by atomic mass is 16.6. The van der Waals surface area contributed by atoms with Crippen molar-refractivity contribution in [1.29, 1.82) is 0 Å². The average molecular weight is 365 g/mol. The molecule has 0 spiro atoms. The molecule has 0 bridgehead atoms. The molecule has 0 aliphatic heterocycles. The molecule has 0 saturated heterocycles. The lowest BCUT2D eigenvalue weighted by Crippen LogP contribution is -1.97. The van der Waals surface area contributed by atoms with E-state index in [1.54, 1.807) is 30.3 Å². The maximum Gasteiger partial charge on any atom is 0.272 e. The summed E-state index contributed by atoms with van der Waals surface area (Å²) in [7, 11) is 0. The Morgan fingerprint density at radius 2 is 1.70 bits per heavy atom. The molecule has 0 saturated carbocycles. The van der Waals surface area contributed by atoms with Crippen LogP contribution in [0.4, 0.5) is 5.69 Å². The number of carbonyl (C=O) groups is 1. The molecule has 27 heavy (non-hydrogen) atoms. The fourth-order valence-corrected chi connectivity index (χ4v) is 3.05. The molecule has 4 heteroatoms. The van der Waals surface area contributed by atoms with Gasteiger partial charge >= 0.3 is 0 Å². The van der Waals surface area contributed by atoms with E-state index in [2.05, 4.69) is 6.92 Å². The van der Waals surface area contributed by atoms with Crippen LogP contribution in [0.1, 0.15) is 66.9 Å². The molecule has 0 N–H and O–H groups in total. The molecular formula is C23H27NO3. The van der Waals surface area contributed by atoms with Gasteiger partial charge in [0.25, 0.3) is 5.69 Å². The van der Waals surface area contributed by atoms with Gasteiger partial charge in [0, 0.05) is 17.2 Å². The van der Waals surface area contributed by atoms with Crippen LogP contribution in [0.25, 0.3) is 6.08 Å². The topological polar surface area (TPSA) is 60.2 Å². The Balaban J connectivity index is 2.04. The third-order valence-corrected chi connectivity index (χ3v) is 4.59. The van der Waals surface area contributed by atoms with Gasteiger partial charge in [-0.3, -0.25) is 14.9 Å². The second-order valence-corrected chi connectivity index (χ2v) is 6.73. The van der Waals surface area contributed by atoms with Crippen LogP contribution in [-0.4, -0.2) is 10.7 Å². The molecule has 0 aromatic heterocycles. The first-order valence-corrected chi connectivity index (χ1v) is 9.66. The summed E-state index contributed by atoms with van der Waals surface area (Å²) < 4.78 is 0. The van der Waals surface area contributed by atoms with E-state index in [-0.39, 0.29) is 16.4 Å². The predicted octanol–water partition coefficient (Wildman–Crippen LogP) is 6.39. The maximum atomic E-state index is 12.2. The van der Waals surface area contributed by atoms with Crippen molar-refractivity contribution in [3.8, 4) is 0 Å². The summed E-state index contributed by atoms with van der Waals surface area (Å²) in [4.78, 5) is 23.1. The normalized spacial score (nSPS) is 11.0. The number of ketones is 1. The number of hydrogen-bond donors (Lipinski definition) is 0. The summed E-state index contributed by atoms with van der Waals surface area (Å²) in [6, 6.07) is 14.1. The minimum atomic E-state index is -0.324. The van der Waals surface area contributed by atoms with E-state index in [9.17, 15) is 14.9 Å². The number of nitrogens with zero attached hydrogens (tertiary/aromatic N) is 1. The maximum absolute atomic E-state index is 12.2. The van der Waals surface area contributed by atoms with Crippen molar-refractivity contribution in [3.63, 3.8) is 0 Å². The van der Waals surface area contributed by atoms with Gasteiger partial charge in [-0.15, -0.1) is 0 Å². The molecule has 4 nitrogen and oxygen atoms in total. The number of allylic oxidation sites excluding steroid dienone is 1. The van der Waals surface area contributed by atoms with Gasteiger partial charge in [-0.1, -0.05) is 75.4 Å². The van der Waals surface area contributed by atoms with Crippen LogP contribution in [0, 0.1) is 10.1 Å². The molecule has 0 aliphatic carbocycles. The molecular weight excluding hydrogens is 338 g/mol. The molecule has 0 atom stereocenters. The van der Waals surface area contributed by atoms with Crippen molar-refractivity contribution >= 4 is 17.5 Å². The summed E-state index contributed by atoms with van der Waals surface area (Å²) in [5.41, 5.74) is 2.34. The minimum Gasteiger partial charge on any atom is -0.289 e. The summed E-state index contributed by atoms with van der Waals surface area (Å²) in [6.45, 7) is 2.19. The Morgan fingerprint density at radius 1 is 1.00 bits per heavy atom. The largest absolute Gasteiger partial charge is 0.289 e. The summed E-state index contributed by atoms with van der Waals surface area (Å²) in [6.07, 6.45) is 10.8. The van der Waals surface area contributed by atoms with E-state index in [1.807, 2.05) is 24.3 Å². The lowest BCUT2D eigenvalue weighted by Gasteiger charge is -2.05. The van der Waals surface area contributed by atoms with Crippen molar-refractivity contribution in [1.82, 2.24) is 0 Å². The number of nitro benzene ring substituents is 1. The molecule has 142 valence electrons. The van der Waals surface area contributed by atoms with E-state index >= 15 is 0 Å². The highest BCUT2D eigenvalue weighted by Crippen LogP contribution is 2.23. The highest BCUT2D eigenvalue weighted by Gasteiger charge is 2.13. The van der Waals surface area contributed by atoms with Crippen molar-refractivity contribution in [2.75, 3.05) is 0 Å². The lowest BCUT2D eigenvalue weighted by atomic mass is 10.0. The van der Waals surface area contributed by atoms with Crippen molar-refractivity contribution in [2.45, 2.75) is 51.9 Å². The number of aryl methyl sites for hydroxylation is 1. The first kappa shape index (κ1) is 20.6. The van der Waals surface area contributed by atoms with Gasteiger partial charge in [-0.25, -0.2) is 0 Å². The monoisotopic (exact) mass is 365 g/mol. The summed E-state index contributed by atoms with van der Waals surface area (Å²) >= 11 is 0. The fraction of sp³-hybridized carbons (Fsp3) is 0.348. The number of hydrogen-bond acceptors (Lipinski definition) is 3. The van der Waals surface area contributed by atoms with Crippen molar-refractivity contribution in [2.24, 2.45) is 0 Å². The van der Waals surface area contributed by atoms with E-state index in [4.69, 9.17) is 0 Å². The van der Waals surface area contributed by atoms with E-state index in [1.165, 1.54) is 31.8 Å². The SMILES string of the molecule is CCCCCCCCc1cc(C=CC(=O)c2ccccc2)ccc1[N+](=O)[O-]. The van der Waals surface area contributed by atoms with Gasteiger partial charge in [0.2, 0.25) is 0 Å². The van der Waals surface area contributed by atoms with Gasteiger partial charge in [-0.2, -0.15) is 0 Å². The Hall–Kier alpha value is -2.75. The Labute approximate surface area is 161 Å². The van der Waals surface area contributed by atoms with Crippen LogP contribution >= 0.6 is 0 Å². The number of benzene rings is 2.